The van der Waals surface area contributed by atoms with Crippen molar-refractivity contribution in [2.24, 2.45) is 5.92 Å². The van der Waals surface area contributed by atoms with Crippen LogP contribution in [-0.2, 0) is 23.9 Å². The van der Waals surface area contributed by atoms with E-state index in [1.807, 2.05) is 5.06 Å². The number of piperidine rings is 1. The van der Waals surface area contributed by atoms with Gasteiger partial charge in [-0.15, -0.1) is 0 Å². The zero-order valence-corrected chi connectivity index (χ0v) is 11.0. The van der Waals surface area contributed by atoms with Crippen molar-refractivity contribution >= 4 is 11.9 Å². The number of esters is 2. The lowest BCUT2D eigenvalue weighted by Crippen LogP contribution is -2.41. The molecule has 3 fully saturated rings. The summed E-state index contributed by atoms with van der Waals surface area (Å²) in [5.41, 5.74) is 0. The first-order valence-corrected chi connectivity index (χ1v) is 6.94. The first-order valence-electron chi connectivity index (χ1n) is 6.94. The minimum absolute atomic E-state index is 0.0717. The van der Waals surface area contributed by atoms with Crippen molar-refractivity contribution in [3.63, 3.8) is 0 Å². The zero-order valence-electron chi connectivity index (χ0n) is 11.0. The van der Waals surface area contributed by atoms with Gasteiger partial charge in [0.05, 0.1) is 12.6 Å². The van der Waals surface area contributed by atoms with Crippen LogP contribution in [0.1, 0.15) is 32.6 Å². The average Bonchev–Trinajstić information content (AvgIpc) is 2.69. The number of cyclic esters (lactones) is 1. The van der Waals surface area contributed by atoms with Crippen LogP contribution in [0.2, 0.25) is 0 Å². The maximum absolute atomic E-state index is 12.1. The Kier molecular flexibility index (Phi) is 3.45. The smallest absolute Gasteiger partial charge is 0.313 e. The third-order valence-corrected chi connectivity index (χ3v) is 4.13. The summed E-state index contributed by atoms with van der Waals surface area (Å²) in [7, 11) is 0. The Morgan fingerprint density at radius 3 is 3.00 bits per heavy atom. The average molecular weight is 269 g/mol. The Bertz CT molecular complexity index is 385. The van der Waals surface area contributed by atoms with Gasteiger partial charge in [0.15, 0.2) is 0 Å². The third kappa shape index (κ3) is 2.34. The van der Waals surface area contributed by atoms with Gasteiger partial charge in [-0.3, -0.25) is 14.4 Å². The number of carbonyl (C=O) groups excluding carboxylic acids is 2. The Morgan fingerprint density at radius 2 is 2.21 bits per heavy atom. The first-order chi connectivity index (χ1) is 9.16. The van der Waals surface area contributed by atoms with E-state index in [0.29, 0.717) is 13.0 Å². The molecule has 3 saturated heterocycles. The molecule has 0 radical (unpaired) electrons. The van der Waals surface area contributed by atoms with Crippen LogP contribution in [-0.4, -0.2) is 48.4 Å². The fraction of sp³-hybridized carbons (Fsp3) is 0.846. The van der Waals surface area contributed by atoms with E-state index in [1.54, 1.807) is 0 Å². The van der Waals surface area contributed by atoms with Crippen LogP contribution in [0.15, 0.2) is 0 Å². The highest BCUT2D eigenvalue weighted by Crippen LogP contribution is 2.39. The molecule has 3 rings (SSSR count). The van der Waals surface area contributed by atoms with Gasteiger partial charge >= 0.3 is 11.9 Å². The SMILES string of the molecule is CC(=O)O[C@@H]1CCOC(=O)[C@@H]2[C@H]1ON1CCCC[C@@H]21. The fourth-order valence-electron chi connectivity index (χ4n) is 3.33. The van der Waals surface area contributed by atoms with E-state index < -0.39 is 0 Å². The van der Waals surface area contributed by atoms with E-state index in [-0.39, 0.29) is 36.1 Å². The third-order valence-electron chi connectivity index (χ3n) is 4.13. The molecule has 3 aliphatic rings. The fourth-order valence-corrected chi connectivity index (χ4v) is 3.33. The van der Waals surface area contributed by atoms with Crippen LogP contribution < -0.4 is 0 Å². The van der Waals surface area contributed by atoms with Gasteiger partial charge in [-0.25, -0.2) is 0 Å². The van der Waals surface area contributed by atoms with E-state index in [1.165, 1.54) is 6.92 Å². The molecule has 0 unspecified atom stereocenters. The maximum Gasteiger partial charge on any atom is 0.313 e. The Hall–Kier alpha value is -1.14. The molecule has 0 aliphatic carbocycles. The summed E-state index contributed by atoms with van der Waals surface area (Å²) in [6.07, 6.45) is 2.83. The van der Waals surface area contributed by atoms with Gasteiger partial charge < -0.3 is 9.47 Å². The highest BCUT2D eigenvalue weighted by Gasteiger charge is 2.53. The second-order valence-corrected chi connectivity index (χ2v) is 5.40. The summed E-state index contributed by atoms with van der Waals surface area (Å²) in [4.78, 5) is 29.2. The molecule has 0 aromatic rings. The van der Waals surface area contributed by atoms with Crippen LogP contribution in [0.4, 0.5) is 0 Å². The molecule has 3 aliphatic heterocycles. The molecule has 0 spiro atoms. The van der Waals surface area contributed by atoms with Crippen molar-refractivity contribution in [3.8, 4) is 0 Å². The molecule has 3 heterocycles. The number of fused-ring (bicyclic) bond motifs is 3. The molecule has 106 valence electrons. The second kappa shape index (κ2) is 5.09. The van der Waals surface area contributed by atoms with Gasteiger partial charge in [0.25, 0.3) is 0 Å². The number of rotatable bonds is 1. The maximum atomic E-state index is 12.1. The molecule has 0 aromatic heterocycles. The Labute approximate surface area is 111 Å². The van der Waals surface area contributed by atoms with E-state index in [0.717, 1.165) is 25.8 Å². The second-order valence-electron chi connectivity index (χ2n) is 5.40. The summed E-state index contributed by atoms with van der Waals surface area (Å²) in [6.45, 7) is 2.50. The molecule has 0 N–H and O–H groups in total. The Balaban J connectivity index is 1.83. The number of hydrogen-bond acceptors (Lipinski definition) is 6. The van der Waals surface area contributed by atoms with E-state index in [2.05, 4.69) is 0 Å². The summed E-state index contributed by atoms with van der Waals surface area (Å²) in [5.74, 6) is -0.882. The number of carbonyl (C=O) groups is 2. The molecule has 0 bridgehead atoms. The zero-order chi connectivity index (χ0) is 13.4. The summed E-state index contributed by atoms with van der Waals surface area (Å²) < 4.78 is 10.6. The normalized spacial score (nSPS) is 38.9. The summed E-state index contributed by atoms with van der Waals surface area (Å²) in [6, 6.07) is 0.0717. The molecule has 6 nitrogen and oxygen atoms in total. The standard InChI is InChI=1S/C13H19NO5/c1-8(15)18-10-5-7-17-13(16)11-9-4-2-3-6-14(9)19-12(10)11/h9-12H,2-7H2,1H3/t9-,10+,11-,12-/m0/s1. The van der Waals surface area contributed by atoms with E-state index in [4.69, 9.17) is 14.3 Å². The highest BCUT2D eigenvalue weighted by molar-refractivity contribution is 5.75. The number of nitrogens with zero attached hydrogens (tertiary/aromatic N) is 1. The van der Waals surface area contributed by atoms with Crippen molar-refractivity contribution in [2.45, 2.75) is 50.9 Å². The summed E-state index contributed by atoms with van der Waals surface area (Å²) in [5, 5.41) is 1.89. The molecular formula is C13H19NO5. The van der Waals surface area contributed by atoms with E-state index in [9.17, 15) is 9.59 Å². The molecule has 4 atom stereocenters. The quantitative estimate of drug-likeness (QED) is 0.651. The topological polar surface area (TPSA) is 65.1 Å². The van der Waals surface area contributed by atoms with Crippen molar-refractivity contribution in [2.75, 3.05) is 13.2 Å². The summed E-state index contributed by atoms with van der Waals surface area (Å²) >= 11 is 0. The minimum Gasteiger partial charge on any atom is -0.465 e. The van der Waals surface area contributed by atoms with E-state index >= 15 is 0 Å². The van der Waals surface area contributed by atoms with Gasteiger partial charge in [-0.05, 0) is 12.8 Å². The predicted molar refractivity (Wildman–Crippen MR) is 63.8 cm³/mol. The van der Waals surface area contributed by atoms with Crippen LogP contribution in [0, 0.1) is 5.92 Å². The monoisotopic (exact) mass is 269 g/mol. The van der Waals surface area contributed by atoms with Crippen molar-refractivity contribution < 1.29 is 23.9 Å². The van der Waals surface area contributed by atoms with Gasteiger partial charge in [0, 0.05) is 19.9 Å². The van der Waals surface area contributed by atoms with Crippen molar-refractivity contribution in [3.05, 3.63) is 0 Å². The largest absolute Gasteiger partial charge is 0.465 e. The molecule has 6 heteroatoms. The van der Waals surface area contributed by atoms with Crippen LogP contribution in [0.5, 0.6) is 0 Å². The molecule has 0 amide bonds. The molecule has 19 heavy (non-hydrogen) atoms. The lowest BCUT2D eigenvalue weighted by Gasteiger charge is -2.28. The molecular weight excluding hydrogens is 250 g/mol. The van der Waals surface area contributed by atoms with Gasteiger partial charge in [-0.2, -0.15) is 5.06 Å². The number of hydroxylamine groups is 2. The van der Waals surface area contributed by atoms with Gasteiger partial charge in [0.2, 0.25) is 0 Å². The first kappa shape index (κ1) is 12.9. The molecule has 0 aromatic carbocycles. The Morgan fingerprint density at radius 1 is 1.37 bits per heavy atom. The van der Waals surface area contributed by atoms with Crippen molar-refractivity contribution in [1.82, 2.24) is 5.06 Å². The van der Waals surface area contributed by atoms with Crippen LogP contribution >= 0.6 is 0 Å². The van der Waals surface area contributed by atoms with Crippen LogP contribution in [0.3, 0.4) is 0 Å². The van der Waals surface area contributed by atoms with Gasteiger partial charge in [0.1, 0.15) is 18.1 Å². The van der Waals surface area contributed by atoms with Gasteiger partial charge in [-0.1, -0.05) is 6.42 Å². The van der Waals surface area contributed by atoms with Crippen LogP contribution in [0.25, 0.3) is 0 Å². The highest BCUT2D eigenvalue weighted by atomic mass is 16.7. The molecule has 0 saturated carbocycles. The lowest BCUT2D eigenvalue weighted by atomic mass is 9.87. The lowest BCUT2D eigenvalue weighted by molar-refractivity contribution is -0.201. The predicted octanol–water partition coefficient (Wildman–Crippen LogP) is 0.649. The number of hydrogen-bond donors (Lipinski definition) is 0. The number of ether oxygens (including phenoxy) is 2. The minimum atomic E-state index is -0.389. The van der Waals surface area contributed by atoms with Crippen molar-refractivity contribution in [1.29, 1.82) is 0 Å².